The minimum absolute atomic E-state index is 0.0495. The van der Waals surface area contributed by atoms with Crippen LogP contribution in [0.3, 0.4) is 0 Å². The summed E-state index contributed by atoms with van der Waals surface area (Å²) < 4.78 is 1.02. The van der Waals surface area contributed by atoms with E-state index in [1.54, 1.807) is 6.92 Å². The Hall–Kier alpha value is -0.910. The van der Waals surface area contributed by atoms with Gasteiger partial charge in [-0.05, 0) is 30.5 Å². The molecule has 0 aliphatic heterocycles. The Balaban J connectivity index is 2.42. The number of carbonyl (C=O) groups is 1. The molecular formula is C14H21BrN2O2. The molecule has 5 heteroatoms. The largest absolute Gasteiger partial charge is 0.392 e. The molecule has 0 aliphatic rings. The maximum atomic E-state index is 11.8. The number of amides is 1. The van der Waals surface area contributed by atoms with Gasteiger partial charge in [-0.15, -0.1) is 0 Å². The second-order valence-electron chi connectivity index (χ2n) is 4.87. The van der Waals surface area contributed by atoms with E-state index in [2.05, 4.69) is 21.2 Å². The summed E-state index contributed by atoms with van der Waals surface area (Å²) in [6.07, 6.45) is -0.210. The second kappa shape index (κ2) is 7.62. The monoisotopic (exact) mass is 328 g/mol. The number of hydrogen-bond acceptors (Lipinski definition) is 3. The van der Waals surface area contributed by atoms with E-state index in [4.69, 9.17) is 5.73 Å². The molecule has 3 unspecified atom stereocenters. The molecule has 1 aromatic carbocycles. The lowest BCUT2D eigenvalue weighted by atomic mass is 9.97. The van der Waals surface area contributed by atoms with E-state index < -0.39 is 12.1 Å². The number of carbonyl (C=O) groups excluding carboxylic acids is 1. The lowest BCUT2D eigenvalue weighted by molar-refractivity contribution is -0.121. The van der Waals surface area contributed by atoms with Gasteiger partial charge in [0.1, 0.15) is 0 Å². The first-order chi connectivity index (χ1) is 8.90. The highest BCUT2D eigenvalue weighted by Crippen LogP contribution is 2.21. The Morgan fingerprint density at radius 3 is 2.47 bits per heavy atom. The van der Waals surface area contributed by atoms with Crippen molar-refractivity contribution < 1.29 is 9.90 Å². The van der Waals surface area contributed by atoms with Crippen LogP contribution in [0, 0.1) is 0 Å². The molecule has 0 saturated heterocycles. The number of hydrogen-bond donors (Lipinski definition) is 3. The van der Waals surface area contributed by atoms with Gasteiger partial charge in [-0.1, -0.05) is 35.0 Å². The fourth-order valence-corrected chi connectivity index (χ4v) is 1.93. The normalized spacial score (nSPS) is 15.6. The number of rotatable bonds is 6. The van der Waals surface area contributed by atoms with Gasteiger partial charge in [0.25, 0.3) is 0 Å². The Bertz CT molecular complexity index is 406. The smallest absolute Gasteiger partial charge is 0.220 e. The van der Waals surface area contributed by atoms with Crippen LogP contribution in [0.5, 0.6) is 0 Å². The molecule has 4 nitrogen and oxygen atoms in total. The lowest BCUT2D eigenvalue weighted by Gasteiger charge is -2.17. The highest BCUT2D eigenvalue weighted by atomic mass is 79.9. The molecule has 106 valence electrons. The lowest BCUT2D eigenvalue weighted by Crippen LogP contribution is -2.43. The van der Waals surface area contributed by atoms with E-state index in [0.29, 0.717) is 13.0 Å². The van der Waals surface area contributed by atoms with Crippen molar-refractivity contribution in [2.24, 2.45) is 5.73 Å². The van der Waals surface area contributed by atoms with E-state index in [-0.39, 0.29) is 11.8 Å². The zero-order chi connectivity index (χ0) is 14.4. The van der Waals surface area contributed by atoms with E-state index in [9.17, 15) is 9.90 Å². The van der Waals surface area contributed by atoms with E-state index in [0.717, 1.165) is 10.0 Å². The number of nitrogens with two attached hydrogens (primary N) is 1. The summed E-state index contributed by atoms with van der Waals surface area (Å²) in [7, 11) is 0. The molecule has 4 N–H and O–H groups in total. The summed E-state index contributed by atoms with van der Waals surface area (Å²) in [5.41, 5.74) is 6.78. The molecule has 1 amide bonds. The Kier molecular flexibility index (Phi) is 6.48. The van der Waals surface area contributed by atoms with Crippen LogP contribution in [0.1, 0.15) is 31.7 Å². The number of halogens is 1. The summed E-state index contributed by atoms with van der Waals surface area (Å²) in [5, 5.41) is 12.0. The van der Waals surface area contributed by atoms with Crippen LogP contribution in [0.4, 0.5) is 0 Å². The average Bonchev–Trinajstić information content (AvgIpc) is 2.36. The van der Waals surface area contributed by atoms with Gasteiger partial charge in [-0.3, -0.25) is 4.79 Å². The van der Waals surface area contributed by atoms with Gasteiger partial charge >= 0.3 is 0 Å². The van der Waals surface area contributed by atoms with Gasteiger partial charge in [-0.2, -0.15) is 0 Å². The van der Waals surface area contributed by atoms with Crippen molar-refractivity contribution in [3.8, 4) is 0 Å². The molecule has 3 atom stereocenters. The predicted molar refractivity (Wildman–Crippen MR) is 79.8 cm³/mol. The van der Waals surface area contributed by atoms with Crippen molar-refractivity contribution in [3.05, 3.63) is 34.3 Å². The molecule has 0 heterocycles. The van der Waals surface area contributed by atoms with Gasteiger partial charge in [-0.25, -0.2) is 0 Å². The molecule has 0 bridgehead atoms. The van der Waals surface area contributed by atoms with Crippen molar-refractivity contribution in [1.29, 1.82) is 0 Å². The highest BCUT2D eigenvalue weighted by Gasteiger charge is 2.14. The molecule has 1 aromatic rings. The topological polar surface area (TPSA) is 75.4 Å². The first kappa shape index (κ1) is 16.1. The second-order valence-corrected chi connectivity index (χ2v) is 5.78. The molecule has 0 aromatic heterocycles. The third-order valence-corrected chi connectivity index (χ3v) is 3.61. The van der Waals surface area contributed by atoms with E-state index >= 15 is 0 Å². The van der Waals surface area contributed by atoms with Gasteiger partial charge in [0.05, 0.1) is 6.10 Å². The highest BCUT2D eigenvalue weighted by molar-refractivity contribution is 9.10. The number of benzene rings is 1. The van der Waals surface area contributed by atoms with E-state index in [1.807, 2.05) is 31.2 Å². The Morgan fingerprint density at radius 1 is 1.37 bits per heavy atom. The zero-order valence-corrected chi connectivity index (χ0v) is 12.9. The third-order valence-electron chi connectivity index (χ3n) is 3.09. The van der Waals surface area contributed by atoms with Crippen LogP contribution in [0.15, 0.2) is 28.7 Å². The summed E-state index contributed by atoms with van der Waals surface area (Å²) >= 11 is 3.38. The van der Waals surface area contributed by atoms with Gasteiger partial charge in [0.15, 0.2) is 0 Å². The molecule has 0 aliphatic carbocycles. The third kappa shape index (κ3) is 5.72. The van der Waals surface area contributed by atoms with Crippen LogP contribution < -0.4 is 11.1 Å². The number of aliphatic hydroxyl groups is 1. The van der Waals surface area contributed by atoms with Crippen LogP contribution in [0.25, 0.3) is 0 Å². The maximum absolute atomic E-state index is 11.8. The first-order valence-electron chi connectivity index (χ1n) is 6.36. The Labute approximate surface area is 122 Å². The minimum Gasteiger partial charge on any atom is -0.392 e. The Morgan fingerprint density at radius 2 is 1.95 bits per heavy atom. The molecule has 0 spiro atoms. The van der Waals surface area contributed by atoms with Crippen molar-refractivity contribution in [3.63, 3.8) is 0 Å². The molecule has 0 radical (unpaired) electrons. The van der Waals surface area contributed by atoms with Gasteiger partial charge in [0, 0.05) is 23.5 Å². The number of aliphatic hydroxyl groups excluding tert-OH is 1. The number of nitrogens with one attached hydrogen (secondary N) is 1. The molecule has 1 rings (SSSR count). The SMILES string of the molecule is CC(CC(=O)NCC(N)C(C)O)c1ccc(Br)cc1. The fraction of sp³-hybridized carbons (Fsp3) is 0.500. The van der Waals surface area contributed by atoms with Crippen LogP contribution >= 0.6 is 15.9 Å². The zero-order valence-electron chi connectivity index (χ0n) is 11.3. The van der Waals surface area contributed by atoms with Gasteiger partial charge < -0.3 is 16.2 Å². The average molecular weight is 329 g/mol. The molecular weight excluding hydrogens is 308 g/mol. The molecule has 0 fully saturated rings. The molecule has 19 heavy (non-hydrogen) atoms. The minimum atomic E-state index is -0.621. The van der Waals surface area contributed by atoms with Crippen molar-refractivity contribution in [1.82, 2.24) is 5.32 Å². The van der Waals surface area contributed by atoms with Crippen LogP contribution in [-0.4, -0.2) is 29.7 Å². The standard InChI is InChI=1S/C14H21BrN2O2/c1-9(11-3-5-12(15)6-4-11)7-14(19)17-8-13(16)10(2)18/h3-6,9-10,13,18H,7-8,16H2,1-2H3,(H,17,19). The summed E-state index contributed by atoms with van der Waals surface area (Å²) in [4.78, 5) is 11.8. The fourth-order valence-electron chi connectivity index (χ4n) is 1.66. The van der Waals surface area contributed by atoms with Crippen LogP contribution in [0.2, 0.25) is 0 Å². The first-order valence-corrected chi connectivity index (χ1v) is 7.15. The molecule has 0 saturated carbocycles. The maximum Gasteiger partial charge on any atom is 0.220 e. The van der Waals surface area contributed by atoms with Crippen molar-refractivity contribution in [2.75, 3.05) is 6.54 Å². The summed E-state index contributed by atoms with van der Waals surface area (Å²) in [6, 6.07) is 7.51. The predicted octanol–water partition coefficient (Wildman–Crippen LogP) is 1.77. The summed E-state index contributed by atoms with van der Waals surface area (Å²) in [6.45, 7) is 3.92. The quantitative estimate of drug-likeness (QED) is 0.744. The van der Waals surface area contributed by atoms with Gasteiger partial charge in [0.2, 0.25) is 5.91 Å². The van der Waals surface area contributed by atoms with E-state index in [1.165, 1.54) is 0 Å². The summed E-state index contributed by atoms with van der Waals surface area (Å²) in [5.74, 6) is 0.0994. The van der Waals surface area contributed by atoms with Crippen LogP contribution in [-0.2, 0) is 4.79 Å². The van der Waals surface area contributed by atoms with Crippen molar-refractivity contribution in [2.45, 2.75) is 38.3 Å². The van der Waals surface area contributed by atoms with Crippen molar-refractivity contribution >= 4 is 21.8 Å².